The molecule has 0 aromatic heterocycles. The van der Waals surface area contributed by atoms with E-state index >= 15 is 0 Å². The predicted octanol–water partition coefficient (Wildman–Crippen LogP) is 4.78. The van der Waals surface area contributed by atoms with Gasteiger partial charge in [-0.25, -0.2) is 4.39 Å². The summed E-state index contributed by atoms with van der Waals surface area (Å²) in [6.45, 7) is 4.03. The van der Waals surface area contributed by atoms with Gasteiger partial charge in [-0.1, -0.05) is 36.8 Å². The molecule has 1 N–H and O–H groups in total. The lowest BCUT2D eigenvalue weighted by atomic mass is 10.0. The Kier molecular flexibility index (Phi) is 5.12. The van der Waals surface area contributed by atoms with Crippen molar-refractivity contribution in [2.24, 2.45) is 0 Å². The number of benzene rings is 2. The van der Waals surface area contributed by atoms with E-state index in [-0.39, 0.29) is 11.9 Å². The van der Waals surface area contributed by atoms with E-state index < -0.39 is 5.82 Å². The number of carbonyl (C=O) groups is 1. The Morgan fingerprint density at radius 2 is 1.90 bits per heavy atom. The fraction of sp³-hybridized carbons (Fsp3) is 0.235. The van der Waals surface area contributed by atoms with Gasteiger partial charge in [0.2, 0.25) is 0 Å². The van der Waals surface area contributed by atoms with Crippen LogP contribution < -0.4 is 5.32 Å². The zero-order valence-corrected chi connectivity index (χ0v) is 13.6. The normalized spacial score (nSPS) is 12.0. The van der Waals surface area contributed by atoms with Gasteiger partial charge in [0.05, 0.1) is 11.6 Å². The molecule has 2 aromatic carbocycles. The predicted molar refractivity (Wildman–Crippen MR) is 85.8 cm³/mol. The number of nitrogens with one attached hydrogen (secondary N) is 1. The maximum atomic E-state index is 13.3. The Balaban J connectivity index is 2.20. The average Bonchev–Trinajstić information content (AvgIpc) is 2.48. The van der Waals surface area contributed by atoms with Crippen LogP contribution in [0.2, 0.25) is 0 Å². The van der Waals surface area contributed by atoms with Gasteiger partial charge in [0.1, 0.15) is 5.82 Å². The SMILES string of the molecule is CCC(NC(=O)c1cc(F)ccc1Br)c1ccc(C)cc1. The van der Waals surface area contributed by atoms with E-state index in [0.29, 0.717) is 10.0 Å². The second-order valence-corrected chi connectivity index (χ2v) is 5.82. The largest absolute Gasteiger partial charge is 0.345 e. The monoisotopic (exact) mass is 349 g/mol. The summed E-state index contributed by atoms with van der Waals surface area (Å²) in [6.07, 6.45) is 0.766. The van der Waals surface area contributed by atoms with Crippen LogP contribution in [0, 0.1) is 12.7 Å². The number of hydrogen-bond donors (Lipinski definition) is 1. The first-order chi connectivity index (χ1) is 10.0. The van der Waals surface area contributed by atoms with Crippen LogP contribution in [0.4, 0.5) is 4.39 Å². The molecule has 2 rings (SSSR count). The van der Waals surface area contributed by atoms with E-state index in [1.165, 1.54) is 23.8 Å². The smallest absolute Gasteiger partial charge is 0.253 e. The number of hydrogen-bond acceptors (Lipinski definition) is 1. The Bertz CT molecular complexity index is 640. The molecule has 21 heavy (non-hydrogen) atoms. The van der Waals surface area contributed by atoms with Gasteiger partial charge in [0.15, 0.2) is 0 Å². The van der Waals surface area contributed by atoms with Crippen molar-refractivity contribution >= 4 is 21.8 Å². The zero-order valence-electron chi connectivity index (χ0n) is 12.0. The number of amides is 1. The molecule has 0 fully saturated rings. The quantitative estimate of drug-likeness (QED) is 0.845. The number of halogens is 2. The Hall–Kier alpha value is -1.68. The highest BCUT2D eigenvalue weighted by molar-refractivity contribution is 9.10. The number of carbonyl (C=O) groups excluding carboxylic acids is 1. The molecule has 1 amide bonds. The molecular formula is C17H17BrFNO. The molecule has 110 valence electrons. The lowest BCUT2D eigenvalue weighted by Gasteiger charge is -2.18. The van der Waals surface area contributed by atoms with E-state index in [4.69, 9.17) is 0 Å². The van der Waals surface area contributed by atoms with Gasteiger partial charge in [-0.2, -0.15) is 0 Å². The molecule has 4 heteroatoms. The van der Waals surface area contributed by atoms with Crippen molar-refractivity contribution in [2.75, 3.05) is 0 Å². The summed E-state index contributed by atoms with van der Waals surface area (Å²) >= 11 is 3.28. The molecule has 0 radical (unpaired) electrons. The van der Waals surface area contributed by atoms with Gasteiger partial charge in [0.25, 0.3) is 5.91 Å². The Labute approximate surface area is 132 Å². The van der Waals surface area contributed by atoms with E-state index in [2.05, 4.69) is 21.2 Å². The summed E-state index contributed by atoms with van der Waals surface area (Å²) in [5.41, 5.74) is 2.53. The van der Waals surface area contributed by atoms with E-state index in [0.717, 1.165) is 12.0 Å². The summed E-state index contributed by atoms with van der Waals surface area (Å²) in [5.74, 6) is -0.708. The lowest BCUT2D eigenvalue weighted by molar-refractivity contribution is 0.0934. The summed E-state index contributed by atoms with van der Waals surface area (Å²) < 4.78 is 13.9. The van der Waals surface area contributed by atoms with Gasteiger partial charge in [0, 0.05) is 4.47 Å². The van der Waals surface area contributed by atoms with Gasteiger partial charge in [-0.05, 0) is 53.0 Å². The van der Waals surface area contributed by atoms with Crippen molar-refractivity contribution in [3.63, 3.8) is 0 Å². The van der Waals surface area contributed by atoms with Crippen molar-refractivity contribution in [3.05, 3.63) is 69.4 Å². The summed E-state index contributed by atoms with van der Waals surface area (Å²) in [6, 6.07) is 12.0. The molecule has 0 aliphatic rings. The van der Waals surface area contributed by atoms with Crippen molar-refractivity contribution < 1.29 is 9.18 Å². The van der Waals surface area contributed by atoms with E-state index in [1.807, 2.05) is 38.1 Å². The van der Waals surface area contributed by atoms with Gasteiger partial charge < -0.3 is 5.32 Å². The second kappa shape index (κ2) is 6.85. The van der Waals surface area contributed by atoms with Crippen molar-refractivity contribution in [2.45, 2.75) is 26.3 Å². The molecule has 2 nitrogen and oxygen atoms in total. The average molecular weight is 350 g/mol. The van der Waals surface area contributed by atoms with Crippen LogP contribution in [0.3, 0.4) is 0 Å². The molecule has 0 saturated carbocycles. The number of aryl methyl sites for hydroxylation is 1. The fourth-order valence-electron chi connectivity index (χ4n) is 2.13. The van der Waals surface area contributed by atoms with Gasteiger partial charge in [-0.3, -0.25) is 4.79 Å². The molecule has 0 aliphatic carbocycles. The highest BCUT2D eigenvalue weighted by atomic mass is 79.9. The van der Waals surface area contributed by atoms with Crippen molar-refractivity contribution in [1.29, 1.82) is 0 Å². The highest BCUT2D eigenvalue weighted by Gasteiger charge is 2.16. The molecule has 2 aromatic rings. The summed E-state index contributed by atoms with van der Waals surface area (Å²) in [7, 11) is 0. The summed E-state index contributed by atoms with van der Waals surface area (Å²) in [4.78, 5) is 12.3. The molecule has 1 atom stereocenters. The molecule has 0 saturated heterocycles. The molecule has 0 bridgehead atoms. The fourth-order valence-corrected chi connectivity index (χ4v) is 2.55. The van der Waals surface area contributed by atoms with Gasteiger partial charge in [-0.15, -0.1) is 0 Å². The Morgan fingerprint density at radius 1 is 1.24 bits per heavy atom. The maximum absolute atomic E-state index is 13.3. The molecular weight excluding hydrogens is 333 g/mol. The summed E-state index contributed by atoms with van der Waals surface area (Å²) in [5, 5.41) is 2.95. The standard InChI is InChI=1S/C17H17BrFNO/c1-3-16(12-6-4-11(2)5-7-12)20-17(21)14-10-13(19)8-9-15(14)18/h4-10,16H,3H2,1-2H3,(H,20,21). The van der Waals surface area contributed by atoms with Crippen LogP contribution in [-0.4, -0.2) is 5.91 Å². The highest BCUT2D eigenvalue weighted by Crippen LogP contribution is 2.21. The zero-order chi connectivity index (χ0) is 15.4. The third kappa shape index (κ3) is 3.91. The minimum Gasteiger partial charge on any atom is -0.345 e. The maximum Gasteiger partial charge on any atom is 0.253 e. The van der Waals surface area contributed by atoms with Crippen LogP contribution in [0.15, 0.2) is 46.9 Å². The molecule has 0 aliphatic heterocycles. The van der Waals surface area contributed by atoms with Crippen LogP contribution in [0.1, 0.15) is 40.9 Å². The van der Waals surface area contributed by atoms with Crippen LogP contribution in [-0.2, 0) is 0 Å². The molecule has 0 heterocycles. The van der Waals surface area contributed by atoms with Crippen LogP contribution in [0.25, 0.3) is 0 Å². The van der Waals surface area contributed by atoms with E-state index in [9.17, 15) is 9.18 Å². The lowest BCUT2D eigenvalue weighted by Crippen LogP contribution is -2.28. The number of rotatable bonds is 4. The third-order valence-electron chi connectivity index (χ3n) is 3.37. The van der Waals surface area contributed by atoms with E-state index in [1.54, 1.807) is 0 Å². The third-order valence-corrected chi connectivity index (χ3v) is 4.06. The van der Waals surface area contributed by atoms with Crippen LogP contribution >= 0.6 is 15.9 Å². The second-order valence-electron chi connectivity index (χ2n) is 4.97. The molecule has 1 unspecified atom stereocenters. The van der Waals surface area contributed by atoms with Crippen molar-refractivity contribution in [1.82, 2.24) is 5.32 Å². The minimum absolute atomic E-state index is 0.0896. The molecule has 0 spiro atoms. The first-order valence-corrected chi connectivity index (χ1v) is 7.63. The topological polar surface area (TPSA) is 29.1 Å². The first kappa shape index (κ1) is 15.7. The first-order valence-electron chi connectivity index (χ1n) is 6.83. The van der Waals surface area contributed by atoms with Crippen molar-refractivity contribution in [3.8, 4) is 0 Å². The van der Waals surface area contributed by atoms with Crippen LogP contribution in [0.5, 0.6) is 0 Å². The van der Waals surface area contributed by atoms with Gasteiger partial charge >= 0.3 is 0 Å². The Morgan fingerprint density at radius 3 is 2.52 bits per heavy atom. The minimum atomic E-state index is -0.424.